The number of carbonyl (C=O) groups excluding carboxylic acids is 1. The lowest BCUT2D eigenvalue weighted by Gasteiger charge is -2.40. The van der Waals surface area contributed by atoms with Crippen molar-refractivity contribution >= 4 is 22.8 Å². The van der Waals surface area contributed by atoms with E-state index < -0.39 is 11.4 Å². The zero-order valence-electron chi connectivity index (χ0n) is 25.4. The zero-order valence-corrected chi connectivity index (χ0v) is 25.4. The van der Waals surface area contributed by atoms with Crippen LogP contribution in [0.5, 0.6) is 11.5 Å². The van der Waals surface area contributed by atoms with E-state index in [9.17, 15) is 4.79 Å². The zero-order chi connectivity index (χ0) is 31.6. The molecule has 2 aliphatic heterocycles. The number of nitrogens with zero attached hydrogens (tertiary/aromatic N) is 7. The average molecular weight is 610 g/mol. The van der Waals surface area contributed by atoms with Crippen LogP contribution in [0.1, 0.15) is 32.7 Å². The van der Waals surface area contributed by atoms with Crippen LogP contribution < -0.4 is 15.8 Å². The van der Waals surface area contributed by atoms with Crippen molar-refractivity contribution in [3.05, 3.63) is 83.9 Å². The van der Waals surface area contributed by atoms with E-state index in [-0.39, 0.29) is 29.0 Å². The Labute approximate surface area is 261 Å². The number of nitrogen functional groups attached to an aromatic ring is 1. The van der Waals surface area contributed by atoms with Crippen LogP contribution in [0.25, 0.3) is 27.1 Å². The number of halogens is 1. The van der Waals surface area contributed by atoms with E-state index in [2.05, 4.69) is 25.0 Å². The minimum absolute atomic E-state index is 0.108. The molecule has 4 aromatic rings. The maximum Gasteiger partial charge on any atom is 0.252 e. The van der Waals surface area contributed by atoms with Crippen LogP contribution >= 0.6 is 0 Å². The topological polar surface area (TPSA) is 119 Å². The Morgan fingerprint density at radius 1 is 1.13 bits per heavy atom. The van der Waals surface area contributed by atoms with Crippen LogP contribution in [0, 0.1) is 12.4 Å². The monoisotopic (exact) mass is 609 g/mol. The number of rotatable bonds is 7. The number of ether oxygens (including phenoxy) is 1. The summed E-state index contributed by atoms with van der Waals surface area (Å²) in [5, 5.41) is 8.61. The smallest absolute Gasteiger partial charge is 0.252 e. The van der Waals surface area contributed by atoms with Crippen LogP contribution in [0.2, 0.25) is 0 Å². The van der Waals surface area contributed by atoms with E-state index >= 15 is 4.39 Å². The van der Waals surface area contributed by atoms with Gasteiger partial charge >= 0.3 is 0 Å². The number of benzene rings is 2. The Balaban J connectivity index is 1.28. The summed E-state index contributed by atoms with van der Waals surface area (Å²) in [6, 6.07) is 13.5. The number of anilines is 1. The van der Waals surface area contributed by atoms with Gasteiger partial charge in [0, 0.05) is 56.4 Å². The van der Waals surface area contributed by atoms with Gasteiger partial charge in [0.25, 0.3) is 5.91 Å². The Morgan fingerprint density at radius 3 is 2.64 bits per heavy atom. The third-order valence-corrected chi connectivity index (χ3v) is 8.48. The highest BCUT2D eigenvalue weighted by Crippen LogP contribution is 2.36. The number of nitrogens with one attached hydrogen (secondary N) is 1. The second-order valence-corrected chi connectivity index (χ2v) is 11.9. The van der Waals surface area contributed by atoms with Crippen molar-refractivity contribution in [1.82, 2.24) is 34.9 Å². The SMILES string of the molecule is [C-]#[N+]C(=CC(C)(C)N1CCNCC1)C(=O)N1CCC[C@@H](n2nc(-c3ccc(Oc4ccccc4)cc3F)c3c(N)ncnc32)C1. The Hall–Kier alpha value is -4.86. The molecule has 6 rings (SSSR count). The first-order valence-electron chi connectivity index (χ1n) is 15.1. The molecule has 0 saturated carbocycles. The third kappa shape index (κ3) is 6.22. The fourth-order valence-electron chi connectivity index (χ4n) is 6.12. The summed E-state index contributed by atoms with van der Waals surface area (Å²) >= 11 is 0. The number of nitrogens with two attached hydrogens (primary N) is 1. The van der Waals surface area contributed by atoms with Crippen molar-refractivity contribution in [1.29, 1.82) is 0 Å². The van der Waals surface area contributed by atoms with Crippen molar-refractivity contribution in [3.63, 3.8) is 0 Å². The van der Waals surface area contributed by atoms with E-state index in [1.54, 1.807) is 39.9 Å². The number of piperazine rings is 1. The molecule has 4 heterocycles. The summed E-state index contributed by atoms with van der Waals surface area (Å²) in [7, 11) is 0. The van der Waals surface area contributed by atoms with E-state index in [1.165, 1.54) is 12.4 Å². The summed E-state index contributed by atoms with van der Waals surface area (Å²) in [4.78, 5) is 30.0. The maximum atomic E-state index is 15.6. The molecule has 2 aromatic heterocycles. The van der Waals surface area contributed by atoms with Gasteiger partial charge in [0.05, 0.1) is 18.0 Å². The molecule has 3 N–H and O–H groups in total. The van der Waals surface area contributed by atoms with Crippen molar-refractivity contribution in [3.8, 4) is 22.8 Å². The summed E-state index contributed by atoms with van der Waals surface area (Å²) < 4.78 is 23.1. The molecule has 2 saturated heterocycles. The number of likely N-dealkylation sites (tertiary alicyclic amines) is 1. The molecule has 0 spiro atoms. The maximum absolute atomic E-state index is 15.6. The minimum Gasteiger partial charge on any atom is -0.457 e. The molecule has 0 radical (unpaired) electrons. The minimum atomic E-state index is -0.530. The van der Waals surface area contributed by atoms with E-state index in [0.717, 1.165) is 32.6 Å². The molecular weight excluding hydrogens is 573 g/mol. The molecule has 2 aliphatic rings. The first-order valence-corrected chi connectivity index (χ1v) is 15.1. The van der Waals surface area contributed by atoms with Gasteiger partial charge in [-0.2, -0.15) is 5.10 Å². The normalized spacial score (nSPS) is 18.1. The van der Waals surface area contributed by atoms with Gasteiger partial charge in [0.15, 0.2) is 5.65 Å². The fourth-order valence-corrected chi connectivity index (χ4v) is 6.12. The molecule has 232 valence electrons. The van der Waals surface area contributed by atoms with Gasteiger partial charge in [-0.25, -0.2) is 23.9 Å². The predicted octanol–water partition coefficient (Wildman–Crippen LogP) is 4.66. The van der Waals surface area contributed by atoms with Gasteiger partial charge in [-0.15, -0.1) is 0 Å². The molecule has 0 aliphatic carbocycles. The standard InChI is InChI=1S/C33H36FN9O2/c1-33(2,42-16-13-37-14-17-42)19-27(36-3)32(44)41-15-7-8-22(20-41)43-31-28(30(35)38-21-39-31)29(40-43)25-12-11-24(18-26(25)34)45-23-9-5-4-6-10-23/h4-6,9-12,18-19,21-22,37H,7-8,13-17,20H2,1-2H3,(H2,35,38,39)/t22-/m1/s1. The van der Waals surface area contributed by atoms with Crippen LogP contribution in [-0.2, 0) is 4.79 Å². The second-order valence-electron chi connectivity index (χ2n) is 11.9. The molecule has 0 bridgehead atoms. The summed E-state index contributed by atoms with van der Waals surface area (Å²) in [5.74, 6) is 0.293. The number of piperidine rings is 1. The van der Waals surface area contributed by atoms with E-state index in [1.807, 2.05) is 32.0 Å². The van der Waals surface area contributed by atoms with Crippen LogP contribution in [0.3, 0.4) is 0 Å². The summed E-state index contributed by atoms with van der Waals surface area (Å²) in [6.07, 6.45) is 4.58. The van der Waals surface area contributed by atoms with Crippen LogP contribution in [0.4, 0.5) is 10.2 Å². The van der Waals surface area contributed by atoms with Crippen molar-refractivity contribution in [2.24, 2.45) is 0 Å². The van der Waals surface area contributed by atoms with Gasteiger partial charge in [-0.1, -0.05) is 24.3 Å². The van der Waals surface area contributed by atoms with E-state index in [0.29, 0.717) is 47.7 Å². The van der Waals surface area contributed by atoms with Gasteiger partial charge in [-0.05, 0) is 51.0 Å². The van der Waals surface area contributed by atoms with Gasteiger partial charge < -0.3 is 20.7 Å². The molecule has 1 amide bonds. The van der Waals surface area contributed by atoms with Gasteiger partial charge in [0.1, 0.15) is 35.2 Å². The fraction of sp³-hybridized carbons (Fsp3) is 0.364. The molecule has 0 unspecified atom stereocenters. The first-order chi connectivity index (χ1) is 21.7. The number of fused-ring (bicyclic) bond motifs is 1. The lowest BCUT2D eigenvalue weighted by Crippen LogP contribution is -2.52. The van der Waals surface area contributed by atoms with Crippen molar-refractivity contribution in [2.45, 2.75) is 38.3 Å². The number of amides is 1. The molecule has 2 aromatic carbocycles. The first kappa shape index (κ1) is 30.2. The molecule has 2 fully saturated rings. The third-order valence-electron chi connectivity index (χ3n) is 8.48. The number of aromatic nitrogens is 4. The van der Waals surface area contributed by atoms with Crippen LogP contribution in [-0.4, -0.2) is 80.3 Å². The number of hydrogen-bond donors (Lipinski definition) is 2. The number of para-hydroxylation sites is 1. The van der Waals surface area contributed by atoms with Crippen molar-refractivity contribution < 1.29 is 13.9 Å². The van der Waals surface area contributed by atoms with E-state index in [4.69, 9.17) is 22.1 Å². The largest absolute Gasteiger partial charge is 0.457 e. The van der Waals surface area contributed by atoms with Gasteiger partial charge in [-0.3, -0.25) is 9.69 Å². The molecule has 11 nitrogen and oxygen atoms in total. The number of carbonyl (C=O) groups is 1. The molecule has 1 atom stereocenters. The lowest BCUT2D eigenvalue weighted by molar-refractivity contribution is -0.128. The second kappa shape index (κ2) is 12.6. The Bertz CT molecular complexity index is 1770. The average Bonchev–Trinajstić information content (AvgIpc) is 3.45. The number of hydrogen-bond acceptors (Lipinski definition) is 8. The molecule has 12 heteroatoms. The summed E-state index contributed by atoms with van der Waals surface area (Å²) in [6.45, 7) is 16.2. The molecular formula is C33H36FN9O2. The lowest BCUT2D eigenvalue weighted by atomic mass is 9.99. The highest BCUT2D eigenvalue weighted by atomic mass is 19.1. The highest BCUT2D eigenvalue weighted by Gasteiger charge is 2.33. The highest BCUT2D eigenvalue weighted by molar-refractivity contribution is 5.98. The Morgan fingerprint density at radius 2 is 1.91 bits per heavy atom. The van der Waals surface area contributed by atoms with Crippen LogP contribution in [0.15, 0.2) is 66.6 Å². The van der Waals surface area contributed by atoms with Gasteiger partial charge in [0.2, 0.25) is 5.70 Å². The molecule has 45 heavy (non-hydrogen) atoms. The Kier molecular flexibility index (Phi) is 8.47. The van der Waals surface area contributed by atoms with Crippen molar-refractivity contribution in [2.75, 3.05) is 45.0 Å². The quantitative estimate of drug-likeness (QED) is 0.230. The summed E-state index contributed by atoms with van der Waals surface area (Å²) in [5.41, 5.74) is 6.98. The predicted molar refractivity (Wildman–Crippen MR) is 170 cm³/mol.